The molecule has 1 saturated carbocycles. The maximum Gasteiger partial charge on any atom is 0.0130 e. The van der Waals surface area contributed by atoms with Gasteiger partial charge in [-0.1, -0.05) is 20.8 Å². The monoisotopic (exact) mass is 226 g/mol. The van der Waals surface area contributed by atoms with Gasteiger partial charge in [0.2, 0.25) is 0 Å². The summed E-state index contributed by atoms with van der Waals surface area (Å²) in [5.74, 6) is 0. The molecule has 16 heavy (non-hydrogen) atoms. The SMILES string of the molecule is CC(C)(C)CC(C)(C)NCCCNC1CC1. The van der Waals surface area contributed by atoms with Gasteiger partial charge in [-0.15, -0.1) is 0 Å². The lowest BCUT2D eigenvalue weighted by Gasteiger charge is -2.33. The Bertz CT molecular complexity index is 199. The molecule has 0 amide bonds. The summed E-state index contributed by atoms with van der Waals surface area (Å²) in [5.41, 5.74) is 0.667. The van der Waals surface area contributed by atoms with E-state index in [1.807, 2.05) is 0 Å². The largest absolute Gasteiger partial charge is 0.314 e. The van der Waals surface area contributed by atoms with Gasteiger partial charge in [0, 0.05) is 11.6 Å². The second kappa shape index (κ2) is 5.50. The van der Waals surface area contributed by atoms with Crippen LogP contribution in [0, 0.1) is 5.41 Å². The smallest absolute Gasteiger partial charge is 0.0130 e. The van der Waals surface area contributed by atoms with E-state index in [4.69, 9.17) is 0 Å². The lowest BCUT2D eigenvalue weighted by Crippen LogP contribution is -2.43. The summed E-state index contributed by atoms with van der Waals surface area (Å²) in [6, 6.07) is 0.850. The maximum atomic E-state index is 3.67. The van der Waals surface area contributed by atoms with Gasteiger partial charge in [0.25, 0.3) is 0 Å². The molecule has 2 N–H and O–H groups in total. The molecule has 1 aliphatic rings. The minimum Gasteiger partial charge on any atom is -0.314 e. The van der Waals surface area contributed by atoms with E-state index in [-0.39, 0.29) is 5.54 Å². The van der Waals surface area contributed by atoms with Crippen molar-refractivity contribution >= 4 is 0 Å². The highest BCUT2D eigenvalue weighted by Crippen LogP contribution is 2.26. The Balaban J connectivity index is 2.04. The van der Waals surface area contributed by atoms with Crippen molar-refractivity contribution in [3.63, 3.8) is 0 Å². The van der Waals surface area contributed by atoms with Crippen LogP contribution >= 0.6 is 0 Å². The Hall–Kier alpha value is -0.0800. The summed E-state index contributed by atoms with van der Waals surface area (Å²) >= 11 is 0. The third-order valence-electron chi connectivity index (χ3n) is 2.94. The predicted octanol–water partition coefficient (Wildman–Crippen LogP) is 2.93. The van der Waals surface area contributed by atoms with Crippen LogP contribution in [0.1, 0.15) is 60.3 Å². The Kier molecular flexibility index (Phi) is 4.81. The summed E-state index contributed by atoms with van der Waals surface area (Å²) in [7, 11) is 0. The Morgan fingerprint density at radius 3 is 2.12 bits per heavy atom. The van der Waals surface area contributed by atoms with Crippen molar-refractivity contribution in [1.29, 1.82) is 0 Å². The molecule has 0 radical (unpaired) electrons. The average Bonchev–Trinajstić information content (AvgIpc) is 2.82. The molecule has 0 heterocycles. The standard InChI is InChI=1S/C14H30N2/c1-13(2,3)11-14(4,5)16-10-6-9-15-12-7-8-12/h12,15-16H,6-11H2,1-5H3. The van der Waals surface area contributed by atoms with Gasteiger partial charge in [-0.2, -0.15) is 0 Å². The van der Waals surface area contributed by atoms with Crippen LogP contribution in [0.4, 0.5) is 0 Å². The zero-order chi connectivity index (χ0) is 12.2. The second-order valence-corrected chi connectivity index (χ2v) is 7.13. The van der Waals surface area contributed by atoms with Crippen molar-refractivity contribution in [2.75, 3.05) is 13.1 Å². The predicted molar refractivity (Wildman–Crippen MR) is 71.8 cm³/mol. The summed E-state index contributed by atoms with van der Waals surface area (Å²) in [6.07, 6.45) is 5.24. The molecule has 96 valence electrons. The highest BCUT2D eigenvalue weighted by molar-refractivity contribution is 4.84. The molecular weight excluding hydrogens is 196 g/mol. The van der Waals surface area contributed by atoms with E-state index in [9.17, 15) is 0 Å². The lowest BCUT2D eigenvalue weighted by molar-refractivity contribution is 0.242. The minimum absolute atomic E-state index is 0.262. The van der Waals surface area contributed by atoms with E-state index in [1.54, 1.807) is 0 Å². The fourth-order valence-electron chi connectivity index (χ4n) is 2.50. The first-order valence-corrected chi connectivity index (χ1v) is 6.77. The third-order valence-corrected chi connectivity index (χ3v) is 2.94. The molecule has 0 aromatic heterocycles. The average molecular weight is 226 g/mol. The van der Waals surface area contributed by atoms with Gasteiger partial charge in [0.1, 0.15) is 0 Å². The van der Waals surface area contributed by atoms with Crippen LogP contribution in [-0.4, -0.2) is 24.7 Å². The molecule has 0 atom stereocenters. The Morgan fingerprint density at radius 1 is 1.00 bits per heavy atom. The van der Waals surface area contributed by atoms with Crippen LogP contribution in [0.5, 0.6) is 0 Å². The molecule has 1 fully saturated rings. The lowest BCUT2D eigenvalue weighted by atomic mass is 9.82. The number of rotatable bonds is 7. The second-order valence-electron chi connectivity index (χ2n) is 7.13. The summed E-state index contributed by atoms with van der Waals surface area (Å²) in [6.45, 7) is 13.9. The van der Waals surface area contributed by atoms with Crippen LogP contribution in [0.2, 0.25) is 0 Å². The van der Waals surface area contributed by atoms with Crippen LogP contribution in [-0.2, 0) is 0 Å². The van der Waals surface area contributed by atoms with E-state index in [1.165, 1.54) is 32.2 Å². The normalized spacial score (nSPS) is 17.8. The zero-order valence-corrected chi connectivity index (χ0v) is 11.8. The van der Waals surface area contributed by atoms with Gasteiger partial charge in [-0.05, 0) is 58.0 Å². The van der Waals surface area contributed by atoms with E-state index in [0.29, 0.717) is 5.41 Å². The van der Waals surface area contributed by atoms with Crippen molar-refractivity contribution in [3.8, 4) is 0 Å². The van der Waals surface area contributed by atoms with Gasteiger partial charge in [0.05, 0.1) is 0 Å². The third kappa shape index (κ3) is 7.24. The molecule has 0 saturated heterocycles. The van der Waals surface area contributed by atoms with Crippen molar-refractivity contribution in [3.05, 3.63) is 0 Å². The molecule has 0 bridgehead atoms. The molecule has 0 aliphatic heterocycles. The summed E-state index contributed by atoms with van der Waals surface area (Å²) in [5, 5.41) is 7.22. The van der Waals surface area contributed by atoms with Crippen molar-refractivity contribution in [2.45, 2.75) is 71.9 Å². The van der Waals surface area contributed by atoms with Crippen molar-refractivity contribution in [2.24, 2.45) is 5.41 Å². The zero-order valence-electron chi connectivity index (χ0n) is 11.8. The van der Waals surface area contributed by atoms with Crippen molar-refractivity contribution < 1.29 is 0 Å². The molecule has 0 aromatic carbocycles. The molecule has 0 aromatic rings. The van der Waals surface area contributed by atoms with Gasteiger partial charge in [0.15, 0.2) is 0 Å². The first-order chi connectivity index (χ1) is 7.29. The van der Waals surface area contributed by atoms with E-state index in [0.717, 1.165) is 12.6 Å². The number of nitrogens with one attached hydrogen (secondary N) is 2. The van der Waals surface area contributed by atoms with Crippen LogP contribution < -0.4 is 10.6 Å². The minimum atomic E-state index is 0.262. The van der Waals surface area contributed by atoms with Gasteiger partial charge < -0.3 is 10.6 Å². The van der Waals surface area contributed by atoms with Crippen LogP contribution in [0.3, 0.4) is 0 Å². The molecule has 2 nitrogen and oxygen atoms in total. The first-order valence-electron chi connectivity index (χ1n) is 6.77. The highest BCUT2D eigenvalue weighted by Gasteiger charge is 2.24. The van der Waals surface area contributed by atoms with E-state index >= 15 is 0 Å². The molecule has 1 rings (SSSR count). The Morgan fingerprint density at radius 2 is 1.62 bits per heavy atom. The fraction of sp³-hybridized carbons (Fsp3) is 1.00. The quantitative estimate of drug-likeness (QED) is 0.652. The van der Waals surface area contributed by atoms with Gasteiger partial charge in [-0.25, -0.2) is 0 Å². The molecular formula is C14H30N2. The van der Waals surface area contributed by atoms with Crippen LogP contribution in [0.15, 0.2) is 0 Å². The van der Waals surface area contributed by atoms with E-state index in [2.05, 4.69) is 45.3 Å². The maximum absolute atomic E-state index is 3.67. The molecule has 2 heteroatoms. The number of hydrogen-bond donors (Lipinski definition) is 2. The van der Waals surface area contributed by atoms with Crippen LogP contribution in [0.25, 0.3) is 0 Å². The van der Waals surface area contributed by atoms with Gasteiger partial charge in [-0.3, -0.25) is 0 Å². The first kappa shape index (κ1) is 14.0. The highest BCUT2D eigenvalue weighted by atomic mass is 15.0. The van der Waals surface area contributed by atoms with Gasteiger partial charge >= 0.3 is 0 Å². The molecule has 0 spiro atoms. The fourth-order valence-corrected chi connectivity index (χ4v) is 2.50. The summed E-state index contributed by atoms with van der Waals surface area (Å²) < 4.78 is 0. The number of hydrogen-bond acceptors (Lipinski definition) is 2. The van der Waals surface area contributed by atoms with Crippen molar-refractivity contribution in [1.82, 2.24) is 10.6 Å². The topological polar surface area (TPSA) is 24.1 Å². The summed E-state index contributed by atoms with van der Waals surface area (Å²) in [4.78, 5) is 0. The Labute approximate surface area is 102 Å². The molecule has 1 aliphatic carbocycles. The van der Waals surface area contributed by atoms with E-state index < -0.39 is 0 Å². The molecule has 0 unspecified atom stereocenters.